The molecule has 2 heterocycles. The first-order chi connectivity index (χ1) is 13.7. The van der Waals surface area contributed by atoms with E-state index in [-0.39, 0.29) is 17.3 Å². The van der Waals surface area contributed by atoms with Crippen LogP contribution < -0.4 is 20.1 Å². The summed E-state index contributed by atoms with van der Waals surface area (Å²) in [4.78, 5) is 11.4. The van der Waals surface area contributed by atoms with Crippen LogP contribution in [0.3, 0.4) is 0 Å². The molecule has 0 saturated carbocycles. The van der Waals surface area contributed by atoms with Crippen LogP contribution in [-0.4, -0.2) is 22.3 Å². The molecule has 2 atom stereocenters. The van der Waals surface area contributed by atoms with Crippen LogP contribution in [0.2, 0.25) is 0 Å². The van der Waals surface area contributed by atoms with Crippen LogP contribution in [0.4, 0.5) is 4.39 Å². The Kier molecular flexibility index (Phi) is 4.73. The Balaban J connectivity index is 1.83. The molecule has 2 aromatic carbocycles. The van der Waals surface area contributed by atoms with Crippen LogP contribution in [0, 0.1) is 5.82 Å². The van der Waals surface area contributed by atoms with Crippen LogP contribution in [0.15, 0.2) is 42.5 Å². The lowest BCUT2D eigenvalue weighted by atomic mass is 9.77. The lowest BCUT2D eigenvalue weighted by Crippen LogP contribution is -2.69. The summed E-state index contributed by atoms with van der Waals surface area (Å²) in [5, 5.41) is 7.02. The Hall–Kier alpha value is -2.67. The zero-order chi connectivity index (χ0) is 20.8. The molecule has 4 rings (SSSR count). The number of carbonyl (C=O) groups excluding carboxylic acids is 1. The van der Waals surface area contributed by atoms with E-state index in [1.807, 2.05) is 26.0 Å². The van der Waals surface area contributed by atoms with Gasteiger partial charge in [-0.2, -0.15) is 0 Å². The maximum atomic E-state index is 14.7. The molecule has 2 unspecified atom stereocenters. The van der Waals surface area contributed by atoms with Crippen molar-refractivity contribution in [2.75, 3.05) is 0 Å². The van der Waals surface area contributed by atoms with Crippen LogP contribution in [0.1, 0.15) is 50.7 Å². The van der Waals surface area contributed by atoms with Crippen LogP contribution in [0.25, 0.3) is 0 Å². The van der Waals surface area contributed by atoms with Crippen molar-refractivity contribution in [3.8, 4) is 11.5 Å². The average Bonchev–Trinajstić information content (AvgIpc) is 2.58. The highest BCUT2D eigenvalue weighted by atomic mass is 32.1. The minimum absolute atomic E-state index is 0.240. The number of ether oxygens (including phenoxy) is 2. The van der Waals surface area contributed by atoms with Gasteiger partial charge in [0.25, 0.3) is 0 Å². The summed E-state index contributed by atoms with van der Waals surface area (Å²) >= 11 is 5.43. The molecule has 29 heavy (non-hydrogen) atoms. The number of carbonyl (C=O) groups is 1. The van der Waals surface area contributed by atoms with Crippen LogP contribution >= 0.6 is 12.2 Å². The van der Waals surface area contributed by atoms with E-state index in [4.69, 9.17) is 21.7 Å². The summed E-state index contributed by atoms with van der Waals surface area (Å²) in [5.41, 5.74) is 0.342. The maximum Gasteiger partial charge on any atom is 0.308 e. The molecule has 0 radical (unpaired) electrons. The molecule has 0 aliphatic carbocycles. The van der Waals surface area contributed by atoms with Crippen molar-refractivity contribution in [3.05, 3.63) is 59.4 Å². The first-order valence-electron chi connectivity index (χ1n) is 9.53. The number of nitrogens with one attached hydrogen (secondary N) is 2. The van der Waals surface area contributed by atoms with E-state index < -0.39 is 11.7 Å². The number of thiocarbonyl (C=S) groups is 1. The molecule has 0 bridgehead atoms. The minimum atomic E-state index is -0.805. The standard InChI is InChI=1S/C22H23FN2O3S/c1-13(26)27-14-8-9-16-17(15-6-4-5-7-18(15)23)11-22(28-19(16)10-14)12-21(2,3)24-20(29)25-22/h4-10,17H,11-12H2,1-3H3,(H2,24,25,29). The van der Waals surface area contributed by atoms with E-state index in [0.29, 0.717) is 35.0 Å². The fourth-order valence-corrected chi connectivity index (χ4v) is 4.84. The number of halogens is 1. The van der Waals surface area contributed by atoms with Gasteiger partial charge >= 0.3 is 5.97 Å². The maximum absolute atomic E-state index is 14.7. The van der Waals surface area contributed by atoms with E-state index in [1.54, 1.807) is 24.3 Å². The number of hydrogen-bond acceptors (Lipinski definition) is 4. The molecule has 2 aliphatic heterocycles. The highest BCUT2D eigenvalue weighted by molar-refractivity contribution is 7.80. The molecule has 2 aliphatic rings. The summed E-state index contributed by atoms with van der Waals surface area (Å²) in [6, 6.07) is 12.0. The monoisotopic (exact) mass is 414 g/mol. The summed E-state index contributed by atoms with van der Waals surface area (Å²) in [6.07, 6.45) is 1.13. The third-order valence-electron chi connectivity index (χ3n) is 5.26. The summed E-state index contributed by atoms with van der Waals surface area (Å²) < 4.78 is 26.4. The Morgan fingerprint density at radius 1 is 1.21 bits per heavy atom. The molecule has 152 valence electrons. The highest BCUT2D eigenvalue weighted by Gasteiger charge is 2.49. The Morgan fingerprint density at radius 3 is 2.66 bits per heavy atom. The van der Waals surface area contributed by atoms with Gasteiger partial charge in [-0.3, -0.25) is 4.79 Å². The third kappa shape index (κ3) is 3.92. The lowest BCUT2D eigenvalue weighted by molar-refractivity contribution is -0.131. The normalized spacial score (nSPS) is 24.7. The quantitative estimate of drug-likeness (QED) is 0.440. The number of fused-ring (bicyclic) bond motifs is 1. The largest absolute Gasteiger partial charge is 0.468 e. The molecule has 1 fully saturated rings. The number of esters is 1. The predicted molar refractivity (Wildman–Crippen MR) is 112 cm³/mol. The van der Waals surface area contributed by atoms with Gasteiger partial charge < -0.3 is 20.1 Å². The Morgan fingerprint density at radius 2 is 1.97 bits per heavy atom. The number of hydrogen-bond donors (Lipinski definition) is 2. The second-order valence-electron chi connectivity index (χ2n) is 8.31. The molecule has 2 aromatic rings. The first-order valence-corrected chi connectivity index (χ1v) is 9.93. The van der Waals surface area contributed by atoms with Crippen molar-refractivity contribution in [1.29, 1.82) is 0 Å². The van der Waals surface area contributed by atoms with Gasteiger partial charge in [-0.15, -0.1) is 0 Å². The fourth-order valence-electron chi connectivity index (χ4n) is 4.38. The van der Waals surface area contributed by atoms with Gasteiger partial charge in [0.1, 0.15) is 17.3 Å². The average molecular weight is 415 g/mol. The predicted octanol–water partition coefficient (Wildman–Crippen LogP) is 4.01. The van der Waals surface area contributed by atoms with E-state index in [0.717, 1.165) is 5.56 Å². The summed E-state index contributed by atoms with van der Waals surface area (Å²) in [6.45, 7) is 5.45. The van der Waals surface area contributed by atoms with Gasteiger partial charge in [0.15, 0.2) is 10.8 Å². The summed E-state index contributed by atoms with van der Waals surface area (Å²) in [5.74, 6) is 0.0203. The lowest BCUT2D eigenvalue weighted by Gasteiger charge is -2.50. The number of benzene rings is 2. The van der Waals surface area contributed by atoms with E-state index in [2.05, 4.69) is 10.6 Å². The van der Waals surface area contributed by atoms with Crippen molar-refractivity contribution in [2.24, 2.45) is 0 Å². The van der Waals surface area contributed by atoms with Gasteiger partial charge in [-0.1, -0.05) is 24.3 Å². The Bertz CT molecular complexity index is 994. The van der Waals surface area contributed by atoms with Gasteiger partial charge in [0.05, 0.1) is 0 Å². The molecule has 1 saturated heterocycles. The minimum Gasteiger partial charge on any atom is -0.468 e. The van der Waals surface area contributed by atoms with Crippen molar-refractivity contribution >= 4 is 23.3 Å². The molecular formula is C22H23FN2O3S. The zero-order valence-electron chi connectivity index (χ0n) is 16.5. The molecule has 2 N–H and O–H groups in total. The van der Waals surface area contributed by atoms with Gasteiger partial charge in [0, 0.05) is 42.9 Å². The van der Waals surface area contributed by atoms with E-state index in [1.165, 1.54) is 13.0 Å². The second-order valence-corrected chi connectivity index (χ2v) is 8.72. The van der Waals surface area contributed by atoms with Gasteiger partial charge in [-0.05, 0) is 43.8 Å². The molecule has 1 spiro atoms. The molecule has 7 heteroatoms. The van der Waals surface area contributed by atoms with E-state index in [9.17, 15) is 9.18 Å². The third-order valence-corrected chi connectivity index (χ3v) is 5.47. The van der Waals surface area contributed by atoms with Crippen molar-refractivity contribution < 1.29 is 18.7 Å². The second kappa shape index (κ2) is 6.99. The first kappa shape index (κ1) is 19.6. The van der Waals surface area contributed by atoms with Crippen LogP contribution in [-0.2, 0) is 4.79 Å². The molecule has 0 amide bonds. The molecule has 5 nitrogen and oxygen atoms in total. The molecule has 0 aromatic heterocycles. The summed E-state index contributed by atoms with van der Waals surface area (Å²) in [7, 11) is 0. The van der Waals surface area contributed by atoms with Crippen molar-refractivity contribution in [1.82, 2.24) is 10.6 Å². The Labute approximate surface area is 174 Å². The topological polar surface area (TPSA) is 59.6 Å². The highest BCUT2D eigenvalue weighted by Crippen LogP contribution is 2.48. The molecular weight excluding hydrogens is 391 g/mol. The van der Waals surface area contributed by atoms with Crippen molar-refractivity contribution in [2.45, 2.75) is 50.8 Å². The van der Waals surface area contributed by atoms with Gasteiger partial charge in [0.2, 0.25) is 0 Å². The fraction of sp³-hybridized carbons (Fsp3) is 0.364. The van der Waals surface area contributed by atoms with E-state index >= 15 is 0 Å². The zero-order valence-corrected chi connectivity index (χ0v) is 17.4. The van der Waals surface area contributed by atoms with Crippen molar-refractivity contribution in [3.63, 3.8) is 0 Å². The van der Waals surface area contributed by atoms with Gasteiger partial charge in [-0.25, -0.2) is 4.39 Å². The smallest absolute Gasteiger partial charge is 0.308 e. The SMILES string of the molecule is CC(=O)Oc1ccc2c(c1)OC1(CC2c2ccccc2F)CC(C)(C)NC(=S)N1. The van der Waals surface area contributed by atoms with Crippen LogP contribution in [0.5, 0.6) is 11.5 Å². The number of rotatable bonds is 2.